The number of rotatable bonds is 4. The predicted molar refractivity (Wildman–Crippen MR) is 65.7 cm³/mol. The van der Waals surface area contributed by atoms with Gasteiger partial charge in [0.05, 0.1) is 14.2 Å². The van der Waals surface area contributed by atoms with Crippen LogP contribution in [0.5, 0.6) is 5.75 Å². The number of ether oxygens (including phenoxy) is 2. The van der Waals surface area contributed by atoms with Crippen molar-refractivity contribution >= 4 is 5.97 Å². The van der Waals surface area contributed by atoms with Gasteiger partial charge in [-0.1, -0.05) is 12.1 Å². The topological polar surface area (TPSA) is 64.2 Å². The van der Waals surface area contributed by atoms with Crippen molar-refractivity contribution in [3.8, 4) is 5.75 Å². The molecular weight excluding hydrogens is 232 g/mol. The summed E-state index contributed by atoms with van der Waals surface area (Å²) in [6, 6.07) is 9.42. The summed E-state index contributed by atoms with van der Waals surface area (Å²) in [6.45, 7) is 0. The maximum atomic E-state index is 11.2. The first-order chi connectivity index (χ1) is 8.72. The Kier molecular flexibility index (Phi) is 3.62. The summed E-state index contributed by atoms with van der Waals surface area (Å²) in [5, 5.41) is 6.71. The van der Waals surface area contributed by atoms with E-state index in [-0.39, 0.29) is 0 Å². The molecule has 0 bridgehead atoms. The number of aromatic amines is 1. The van der Waals surface area contributed by atoms with Gasteiger partial charge in [-0.15, -0.1) is 0 Å². The minimum absolute atomic E-state index is 0.293. The quantitative estimate of drug-likeness (QED) is 0.835. The van der Waals surface area contributed by atoms with Crippen LogP contribution in [-0.4, -0.2) is 30.4 Å². The molecule has 0 aliphatic rings. The van der Waals surface area contributed by atoms with Crippen LogP contribution in [0.15, 0.2) is 30.3 Å². The molecule has 0 amide bonds. The normalized spacial score (nSPS) is 10.1. The molecule has 1 N–H and O–H groups in total. The summed E-state index contributed by atoms with van der Waals surface area (Å²) < 4.78 is 9.68. The Morgan fingerprint density at radius 2 is 2.00 bits per heavy atom. The summed E-state index contributed by atoms with van der Waals surface area (Å²) in [6.07, 6.45) is 0.675. The van der Waals surface area contributed by atoms with Crippen LogP contribution in [0.1, 0.15) is 21.7 Å². The number of H-pyrrole nitrogens is 1. The Hall–Kier alpha value is -2.30. The van der Waals surface area contributed by atoms with E-state index in [0.717, 1.165) is 17.0 Å². The molecule has 0 aliphatic heterocycles. The smallest absolute Gasteiger partial charge is 0.358 e. The molecule has 0 radical (unpaired) electrons. The fraction of sp³-hybridized carbons (Fsp3) is 0.231. The van der Waals surface area contributed by atoms with E-state index in [1.807, 2.05) is 24.3 Å². The fourth-order valence-corrected chi connectivity index (χ4v) is 1.62. The van der Waals surface area contributed by atoms with Crippen molar-refractivity contribution in [3.63, 3.8) is 0 Å². The Morgan fingerprint density at radius 1 is 1.28 bits per heavy atom. The van der Waals surface area contributed by atoms with E-state index in [1.165, 1.54) is 7.11 Å². The molecule has 0 unspecified atom stereocenters. The number of nitrogens with zero attached hydrogens (tertiary/aromatic N) is 1. The maximum absolute atomic E-state index is 11.2. The van der Waals surface area contributed by atoms with Crippen LogP contribution < -0.4 is 4.74 Å². The monoisotopic (exact) mass is 246 g/mol. The molecule has 1 aromatic carbocycles. The van der Waals surface area contributed by atoms with E-state index in [0.29, 0.717) is 12.1 Å². The fourth-order valence-electron chi connectivity index (χ4n) is 1.62. The van der Waals surface area contributed by atoms with Crippen molar-refractivity contribution < 1.29 is 14.3 Å². The Balaban J connectivity index is 2.08. The maximum Gasteiger partial charge on any atom is 0.358 e. The minimum Gasteiger partial charge on any atom is -0.497 e. The largest absolute Gasteiger partial charge is 0.497 e. The molecule has 1 aromatic heterocycles. The lowest BCUT2D eigenvalue weighted by Gasteiger charge is -2.01. The van der Waals surface area contributed by atoms with Gasteiger partial charge in [-0.25, -0.2) is 4.79 Å². The van der Waals surface area contributed by atoms with Gasteiger partial charge >= 0.3 is 5.97 Å². The standard InChI is InChI=1S/C13H14N2O3/c1-17-11-5-3-9(4-6-11)7-10-8-12(15-14-10)13(16)18-2/h3-6,8H,7H2,1-2H3,(H,14,15). The second-order valence-electron chi connectivity index (χ2n) is 3.79. The van der Waals surface area contributed by atoms with Crippen LogP contribution in [0.4, 0.5) is 0 Å². The molecule has 0 spiro atoms. The molecule has 18 heavy (non-hydrogen) atoms. The van der Waals surface area contributed by atoms with Gasteiger partial charge in [0.1, 0.15) is 5.75 Å². The lowest BCUT2D eigenvalue weighted by atomic mass is 10.1. The molecule has 2 rings (SSSR count). The zero-order valence-electron chi connectivity index (χ0n) is 10.3. The summed E-state index contributed by atoms with van der Waals surface area (Å²) >= 11 is 0. The molecular formula is C13H14N2O3. The summed E-state index contributed by atoms with van der Waals surface area (Å²) in [7, 11) is 2.96. The second-order valence-corrected chi connectivity index (χ2v) is 3.79. The number of benzene rings is 1. The molecule has 0 fully saturated rings. The van der Waals surface area contributed by atoms with Crippen LogP contribution in [0.25, 0.3) is 0 Å². The van der Waals surface area contributed by atoms with Crippen LogP contribution in [-0.2, 0) is 11.2 Å². The number of aromatic nitrogens is 2. The summed E-state index contributed by atoms with van der Waals surface area (Å²) in [5.41, 5.74) is 2.26. The highest BCUT2D eigenvalue weighted by molar-refractivity contribution is 5.87. The van der Waals surface area contributed by atoms with Gasteiger partial charge < -0.3 is 9.47 Å². The van der Waals surface area contributed by atoms with E-state index in [2.05, 4.69) is 14.9 Å². The van der Waals surface area contributed by atoms with Crippen LogP contribution in [0.3, 0.4) is 0 Å². The zero-order chi connectivity index (χ0) is 13.0. The minimum atomic E-state index is -0.438. The molecule has 2 aromatic rings. The third kappa shape index (κ3) is 2.68. The van der Waals surface area contributed by atoms with Crippen molar-refractivity contribution in [1.82, 2.24) is 10.2 Å². The van der Waals surface area contributed by atoms with Gasteiger partial charge in [-0.05, 0) is 23.8 Å². The number of nitrogens with one attached hydrogen (secondary N) is 1. The lowest BCUT2D eigenvalue weighted by Crippen LogP contribution is -2.00. The van der Waals surface area contributed by atoms with Crippen molar-refractivity contribution in [3.05, 3.63) is 47.3 Å². The average molecular weight is 246 g/mol. The molecule has 94 valence electrons. The highest BCUT2D eigenvalue weighted by Gasteiger charge is 2.10. The molecule has 0 atom stereocenters. The second kappa shape index (κ2) is 5.35. The van der Waals surface area contributed by atoms with E-state index in [1.54, 1.807) is 13.2 Å². The molecule has 0 saturated carbocycles. The van der Waals surface area contributed by atoms with Gasteiger partial charge in [-0.3, -0.25) is 5.10 Å². The Bertz CT molecular complexity index is 531. The number of methoxy groups -OCH3 is 2. The highest BCUT2D eigenvalue weighted by Crippen LogP contribution is 2.14. The van der Waals surface area contributed by atoms with Gasteiger partial charge in [-0.2, -0.15) is 5.10 Å². The van der Waals surface area contributed by atoms with E-state index in [9.17, 15) is 4.79 Å². The highest BCUT2D eigenvalue weighted by atomic mass is 16.5. The number of carbonyl (C=O) groups is 1. The average Bonchev–Trinajstić information content (AvgIpc) is 2.87. The SMILES string of the molecule is COC(=O)c1cc(Cc2ccc(OC)cc2)[nH]n1. The first kappa shape index (κ1) is 12.2. The molecule has 5 nitrogen and oxygen atoms in total. The molecule has 1 heterocycles. The van der Waals surface area contributed by atoms with E-state index >= 15 is 0 Å². The summed E-state index contributed by atoms with van der Waals surface area (Å²) in [5.74, 6) is 0.380. The molecule has 5 heteroatoms. The van der Waals surface area contributed by atoms with Gasteiger partial charge in [0.2, 0.25) is 0 Å². The van der Waals surface area contributed by atoms with Crippen molar-refractivity contribution in [2.45, 2.75) is 6.42 Å². The Labute approximate surface area is 105 Å². The van der Waals surface area contributed by atoms with Crippen LogP contribution in [0, 0.1) is 0 Å². The van der Waals surface area contributed by atoms with Crippen molar-refractivity contribution in [2.75, 3.05) is 14.2 Å². The summed E-state index contributed by atoms with van der Waals surface area (Å²) in [4.78, 5) is 11.2. The van der Waals surface area contributed by atoms with Crippen molar-refractivity contribution in [2.24, 2.45) is 0 Å². The zero-order valence-corrected chi connectivity index (χ0v) is 10.3. The van der Waals surface area contributed by atoms with Gasteiger partial charge in [0.25, 0.3) is 0 Å². The van der Waals surface area contributed by atoms with Crippen molar-refractivity contribution in [1.29, 1.82) is 0 Å². The Morgan fingerprint density at radius 3 is 2.61 bits per heavy atom. The predicted octanol–water partition coefficient (Wildman–Crippen LogP) is 1.80. The number of hydrogen-bond donors (Lipinski definition) is 1. The third-order valence-electron chi connectivity index (χ3n) is 2.58. The first-order valence-corrected chi connectivity index (χ1v) is 5.48. The van der Waals surface area contributed by atoms with Crippen LogP contribution in [0.2, 0.25) is 0 Å². The van der Waals surface area contributed by atoms with Gasteiger partial charge in [0, 0.05) is 12.1 Å². The number of carbonyl (C=O) groups excluding carboxylic acids is 1. The number of hydrogen-bond acceptors (Lipinski definition) is 4. The van der Waals surface area contributed by atoms with E-state index in [4.69, 9.17) is 4.74 Å². The first-order valence-electron chi connectivity index (χ1n) is 5.48. The van der Waals surface area contributed by atoms with E-state index < -0.39 is 5.97 Å². The molecule has 0 aliphatic carbocycles. The lowest BCUT2D eigenvalue weighted by molar-refractivity contribution is 0.0594. The van der Waals surface area contributed by atoms with Gasteiger partial charge in [0.15, 0.2) is 5.69 Å². The third-order valence-corrected chi connectivity index (χ3v) is 2.58. The molecule has 0 saturated heterocycles. The van der Waals surface area contributed by atoms with Crippen LogP contribution >= 0.6 is 0 Å². The number of esters is 1.